The first kappa shape index (κ1) is 15.3. The molecule has 4 nitrogen and oxygen atoms in total. The Morgan fingerprint density at radius 3 is 2.30 bits per heavy atom. The van der Waals surface area contributed by atoms with Crippen LogP contribution in [0.3, 0.4) is 0 Å². The van der Waals surface area contributed by atoms with E-state index in [-0.39, 0.29) is 23.2 Å². The maximum atomic E-state index is 12.3. The first-order chi connectivity index (χ1) is 9.40. The van der Waals surface area contributed by atoms with Crippen molar-refractivity contribution in [1.82, 2.24) is 5.32 Å². The molecular weight excluding hydrogens is 254 g/mol. The standard InChI is InChI=1S/C16H27NO3/c1-16(2)9-3-4-13(16)14(18)17-10-11-5-7-12(8-6-11)15(19)20/h11-13H,3-10H2,1-2H3,(H,17,18)(H,19,20). The number of aliphatic carboxylic acids is 1. The van der Waals surface area contributed by atoms with E-state index in [2.05, 4.69) is 19.2 Å². The molecule has 0 saturated heterocycles. The third kappa shape index (κ3) is 3.53. The van der Waals surface area contributed by atoms with Gasteiger partial charge in [0.05, 0.1) is 5.92 Å². The number of carbonyl (C=O) groups is 2. The molecule has 2 aliphatic carbocycles. The van der Waals surface area contributed by atoms with Crippen LogP contribution in [-0.4, -0.2) is 23.5 Å². The highest BCUT2D eigenvalue weighted by Crippen LogP contribution is 2.42. The molecule has 20 heavy (non-hydrogen) atoms. The number of carbonyl (C=O) groups excluding carboxylic acids is 1. The number of amides is 1. The van der Waals surface area contributed by atoms with E-state index in [4.69, 9.17) is 5.11 Å². The third-order valence-corrected chi connectivity index (χ3v) is 5.33. The molecule has 0 bridgehead atoms. The Labute approximate surface area is 121 Å². The zero-order chi connectivity index (χ0) is 14.8. The molecule has 0 aliphatic heterocycles. The Hall–Kier alpha value is -1.06. The van der Waals surface area contributed by atoms with Crippen LogP contribution in [0.2, 0.25) is 0 Å². The average molecular weight is 281 g/mol. The van der Waals surface area contributed by atoms with Crippen molar-refractivity contribution in [2.45, 2.75) is 58.8 Å². The van der Waals surface area contributed by atoms with Gasteiger partial charge >= 0.3 is 5.97 Å². The molecule has 2 fully saturated rings. The number of carboxylic acids is 1. The van der Waals surface area contributed by atoms with Gasteiger partial charge in [0.15, 0.2) is 0 Å². The van der Waals surface area contributed by atoms with Crippen LogP contribution < -0.4 is 5.32 Å². The number of hydrogen-bond donors (Lipinski definition) is 2. The number of carboxylic acid groups (broad SMARTS) is 1. The lowest BCUT2D eigenvalue weighted by Crippen LogP contribution is -2.39. The minimum Gasteiger partial charge on any atom is -0.481 e. The molecule has 1 atom stereocenters. The number of rotatable bonds is 4. The molecule has 0 aromatic heterocycles. The van der Waals surface area contributed by atoms with E-state index in [0.29, 0.717) is 5.92 Å². The quantitative estimate of drug-likeness (QED) is 0.832. The van der Waals surface area contributed by atoms with Crippen molar-refractivity contribution in [1.29, 1.82) is 0 Å². The topological polar surface area (TPSA) is 66.4 Å². The van der Waals surface area contributed by atoms with Crippen LogP contribution in [0.1, 0.15) is 58.8 Å². The van der Waals surface area contributed by atoms with E-state index in [0.717, 1.165) is 51.5 Å². The van der Waals surface area contributed by atoms with E-state index in [1.54, 1.807) is 0 Å². The maximum Gasteiger partial charge on any atom is 0.306 e. The predicted molar refractivity (Wildman–Crippen MR) is 77.2 cm³/mol. The number of nitrogens with one attached hydrogen (secondary N) is 1. The molecule has 0 heterocycles. The van der Waals surface area contributed by atoms with Crippen LogP contribution in [0.5, 0.6) is 0 Å². The van der Waals surface area contributed by atoms with Gasteiger partial charge in [-0.25, -0.2) is 0 Å². The zero-order valence-electron chi connectivity index (χ0n) is 12.7. The summed E-state index contributed by atoms with van der Waals surface area (Å²) in [4.78, 5) is 23.2. The van der Waals surface area contributed by atoms with Gasteiger partial charge in [0.2, 0.25) is 5.91 Å². The van der Waals surface area contributed by atoms with Crippen molar-refractivity contribution in [3.05, 3.63) is 0 Å². The fraction of sp³-hybridized carbons (Fsp3) is 0.875. The zero-order valence-corrected chi connectivity index (χ0v) is 12.7. The van der Waals surface area contributed by atoms with Gasteiger partial charge in [-0.3, -0.25) is 9.59 Å². The summed E-state index contributed by atoms with van der Waals surface area (Å²) >= 11 is 0. The van der Waals surface area contributed by atoms with E-state index >= 15 is 0 Å². The van der Waals surface area contributed by atoms with Gasteiger partial charge in [-0.05, 0) is 49.9 Å². The summed E-state index contributed by atoms with van der Waals surface area (Å²) in [5.74, 6) is -0.0271. The molecule has 2 saturated carbocycles. The summed E-state index contributed by atoms with van der Waals surface area (Å²) in [5.41, 5.74) is 0.130. The Balaban J connectivity index is 1.73. The van der Waals surface area contributed by atoms with Crippen LogP contribution in [-0.2, 0) is 9.59 Å². The highest BCUT2D eigenvalue weighted by Gasteiger charge is 2.39. The molecule has 0 radical (unpaired) electrons. The first-order valence-electron chi connectivity index (χ1n) is 7.90. The second-order valence-corrected chi connectivity index (χ2v) is 7.23. The Bertz CT molecular complexity index is 370. The summed E-state index contributed by atoms with van der Waals surface area (Å²) in [7, 11) is 0. The second kappa shape index (κ2) is 6.15. The van der Waals surface area contributed by atoms with Gasteiger partial charge in [-0.15, -0.1) is 0 Å². The fourth-order valence-electron chi connectivity index (χ4n) is 3.79. The van der Waals surface area contributed by atoms with Crippen molar-refractivity contribution in [2.75, 3.05) is 6.54 Å². The minimum atomic E-state index is -0.666. The summed E-state index contributed by atoms with van der Waals surface area (Å²) in [6, 6.07) is 0. The molecule has 1 unspecified atom stereocenters. The monoisotopic (exact) mass is 281 g/mol. The second-order valence-electron chi connectivity index (χ2n) is 7.23. The van der Waals surface area contributed by atoms with Crippen LogP contribution in [0.4, 0.5) is 0 Å². The minimum absolute atomic E-state index is 0.130. The molecular formula is C16H27NO3. The van der Waals surface area contributed by atoms with Crippen LogP contribution in [0.15, 0.2) is 0 Å². The van der Waals surface area contributed by atoms with Crippen molar-refractivity contribution >= 4 is 11.9 Å². The Morgan fingerprint density at radius 1 is 1.15 bits per heavy atom. The highest BCUT2D eigenvalue weighted by atomic mass is 16.4. The highest BCUT2D eigenvalue weighted by molar-refractivity contribution is 5.79. The molecule has 2 aliphatic rings. The maximum absolute atomic E-state index is 12.3. The van der Waals surface area contributed by atoms with Gasteiger partial charge in [0, 0.05) is 12.5 Å². The molecule has 4 heteroatoms. The van der Waals surface area contributed by atoms with Crippen LogP contribution in [0, 0.1) is 23.2 Å². The van der Waals surface area contributed by atoms with Crippen LogP contribution >= 0.6 is 0 Å². The molecule has 2 rings (SSSR count). The Kier molecular flexibility index (Phi) is 4.71. The summed E-state index contributed by atoms with van der Waals surface area (Å²) in [6.07, 6.45) is 6.64. The molecule has 1 amide bonds. The first-order valence-corrected chi connectivity index (χ1v) is 7.90. The van der Waals surface area contributed by atoms with E-state index in [1.165, 1.54) is 0 Å². The molecule has 0 aromatic rings. The van der Waals surface area contributed by atoms with E-state index < -0.39 is 5.97 Å². The smallest absolute Gasteiger partial charge is 0.306 e. The van der Waals surface area contributed by atoms with Gasteiger partial charge < -0.3 is 10.4 Å². The normalized spacial score (nSPS) is 32.8. The van der Waals surface area contributed by atoms with E-state index in [9.17, 15) is 9.59 Å². The summed E-state index contributed by atoms with van der Waals surface area (Å²) in [6.45, 7) is 5.09. The predicted octanol–water partition coefficient (Wildman–Crippen LogP) is 2.82. The SMILES string of the molecule is CC1(C)CCCC1C(=O)NCC1CCC(C(=O)O)CC1. The van der Waals surface area contributed by atoms with Crippen molar-refractivity contribution < 1.29 is 14.7 Å². The lowest BCUT2D eigenvalue weighted by atomic mass is 9.80. The largest absolute Gasteiger partial charge is 0.481 e. The molecule has 114 valence electrons. The number of hydrogen-bond acceptors (Lipinski definition) is 2. The Morgan fingerprint density at radius 2 is 1.80 bits per heavy atom. The van der Waals surface area contributed by atoms with Gasteiger partial charge in [-0.2, -0.15) is 0 Å². The van der Waals surface area contributed by atoms with Gasteiger partial charge in [0.25, 0.3) is 0 Å². The van der Waals surface area contributed by atoms with E-state index in [1.807, 2.05) is 0 Å². The fourth-order valence-corrected chi connectivity index (χ4v) is 3.79. The summed E-state index contributed by atoms with van der Waals surface area (Å²) in [5, 5.41) is 12.1. The molecule has 0 spiro atoms. The van der Waals surface area contributed by atoms with Crippen molar-refractivity contribution in [2.24, 2.45) is 23.2 Å². The lowest BCUT2D eigenvalue weighted by molar-refractivity contribution is -0.143. The average Bonchev–Trinajstić information content (AvgIpc) is 2.76. The lowest BCUT2D eigenvalue weighted by Gasteiger charge is -2.29. The third-order valence-electron chi connectivity index (χ3n) is 5.33. The molecule has 0 aromatic carbocycles. The molecule has 2 N–H and O–H groups in total. The van der Waals surface area contributed by atoms with Crippen molar-refractivity contribution in [3.8, 4) is 0 Å². The van der Waals surface area contributed by atoms with Gasteiger partial charge in [0.1, 0.15) is 0 Å². The van der Waals surface area contributed by atoms with Gasteiger partial charge in [-0.1, -0.05) is 20.3 Å². The summed E-state index contributed by atoms with van der Waals surface area (Å²) < 4.78 is 0. The van der Waals surface area contributed by atoms with Crippen LogP contribution in [0.25, 0.3) is 0 Å². The van der Waals surface area contributed by atoms with Crippen molar-refractivity contribution in [3.63, 3.8) is 0 Å².